The third-order valence-electron chi connectivity index (χ3n) is 9.44. The number of pyridine rings is 1. The van der Waals surface area contributed by atoms with E-state index in [2.05, 4.69) is 27.9 Å². The molecule has 1 unspecified atom stereocenters. The van der Waals surface area contributed by atoms with Gasteiger partial charge in [-0.05, 0) is 81.9 Å². The maximum absolute atomic E-state index is 15.0. The molecular weight excluding hydrogens is 604 g/mol. The molecule has 0 bridgehead atoms. The van der Waals surface area contributed by atoms with Crippen molar-refractivity contribution in [2.24, 2.45) is 0 Å². The molecule has 1 aromatic heterocycles. The van der Waals surface area contributed by atoms with E-state index in [0.29, 0.717) is 19.1 Å². The van der Waals surface area contributed by atoms with Crippen molar-refractivity contribution in [2.75, 3.05) is 57.2 Å². The number of likely N-dealkylation sites (tertiary alicyclic amines) is 1. The molecule has 0 saturated carbocycles. The van der Waals surface area contributed by atoms with Crippen LogP contribution in [0.5, 0.6) is 5.88 Å². The predicted octanol–water partition coefficient (Wildman–Crippen LogP) is 3.00. The molecule has 0 spiro atoms. The summed E-state index contributed by atoms with van der Waals surface area (Å²) in [5.74, 6) is -0.964. The normalized spacial score (nSPS) is 21.2. The van der Waals surface area contributed by atoms with E-state index in [1.807, 2.05) is 0 Å². The Balaban J connectivity index is 1.43. The van der Waals surface area contributed by atoms with E-state index >= 15 is 0 Å². The molecule has 0 aliphatic carbocycles. The van der Waals surface area contributed by atoms with Crippen LogP contribution in [0.3, 0.4) is 0 Å². The molecule has 2 saturated heterocycles. The number of piperidine rings is 1. The monoisotopic (exact) mass is 642 g/mol. The number of rotatable bonds is 8. The van der Waals surface area contributed by atoms with Crippen LogP contribution in [-0.2, 0) is 25.0 Å². The fourth-order valence-corrected chi connectivity index (χ4v) is 8.49. The summed E-state index contributed by atoms with van der Waals surface area (Å²) in [4.78, 5) is 40.2. The highest BCUT2D eigenvalue weighted by molar-refractivity contribution is 7.93. The second-order valence-corrected chi connectivity index (χ2v) is 13.8. The molecule has 3 aliphatic heterocycles. The maximum atomic E-state index is 15.0. The number of aromatic nitrogens is 1. The number of nitrogens with zero attached hydrogens (tertiary/aromatic N) is 6. The number of hydrogen-bond acceptors (Lipinski definition) is 9. The van der Waals surface area contributed by atoms with Crippen molar-refractivity contribution < 1.29 is 22.7 Å². The van der Waals surface area contributed by atoms with Gasteiger partial charge in [0.2, 0.25) is 11.8 Å². The van der Waals surface area contributed by atoms with Gasteiger partial charge in [0.1, 0.15) is 5.41 Å². The summed E-state index contributed by atoms with van der Waals surface area (Å²) in [5, 5.41) is 9.86. The molecule has 240 valence electrons. The van der Waals surface area contributed by atoms with Gasteiger partial charge in [-0.15, -0.1) is 0 Å². The van der Waals surface area contributed by atoms with Crippen molar-refractivity contribution >= 4 is 27.5 Å². The predicted molar refractivity (Wildman–Crippen MR) is 172 cm³/mol. The van der Waals surface area contributed by atoms with E-state index in [1.165, 1.54) is 36.5 Å². The summed E-state index contributed by atoms with van der Waals surface area (Å²) in [6.07, 6.45) is 3.35. The zero-order valence-corrected chi connectivity index (χ0v) is 26.9. The Kier molecular flexibility index (Phi) is 8.83. The summed E-state index contributed by atoms with van der Waals surface area (Å²) >= 11 is 0. The molecule has 2 amide bonds. The highest BCUT2D eigenvalue weighted by Gasteiger charge is 2.58. The van der Waals surface area contributed by atoms with Crippen LogP contribution in [0.2, 0.25) is 0 Å². The average Bonchev–Trinajstić information content (AvgIpc) is 3.33. The molecule has 3 aliphatic rings. The van der Waals surface area contributed by atoms with Crippen molar-refractivity contribution in [3.63, 3.8) is 0 Å². The van der Waals surface area contributed by atoms with Crippen LogP contribution in [-0.4, -0.2) is 98.9 Å². The van der Waals surface area contributed by atoms with Crippen LogP contribution in [0, 0.1) is 11.3 Å². The van der Waals surface area contributed by atoms with Gasteiger partial charge in [0.05, 0.1) is 28.8 Å². The number of benzene rings is 2. The maximum Gasteiger partial charge on any atom is 0.270 e. The first-order valence-corrected chi connectivity index (χ1v) is 17.1. The summed E-state index contributed by atoms with van der Waals surface area (Å²) in [7, 11) is -2.27. The van der Waals surface area contributed by atoms with Gasteiger partial charge in [-0.1, -0.05) is 24.3 Å². The molecule has 46 heavy (non-hydrogen) atoms. The molecule has 1 atom stereocenters. The lowest BCUT2D eigenvalue weighted by molar-refractivity contribution is -0.137. The van der Waals surface area contributed by atoms with Gasteiger partial charge in [0.15, 0.2) is 0 Å². The summed E-state index contributed by atoms with van der Waals surface area (Å²) in [5.41, 5.74) is -0.953. The zero-order valence-electron chi connectivity index (χ0n) is 26.1. The van der Waals surface area contributed by atoms with E-state index in [0.717, 1.165) is 43.3 Å². The molecule has 3 aromatic rings. The number of nitriles is 1. The van der Waals surface area contributed by atoms with Gasteiger partial charge >= 0.3 is 0 Å². The quantitative estimate of drug-likeness (QED) is 0.364. The van der Waals surface area contributed by atoms with Crippen molar-refractivity contribution in [1.82, 2.24) is 19.7 Å². The molecule has 12 heteroatoms. The Morgan fingerprint density at radius 1 is 1.00 bits per heavy atom. The number of fused-ring (bicyclic) bond motifs is 1. The lowest BCUT2D eigenvalue weighted by atomic mass is 9.72. The Labute approximate surface area is 270 Å². The first-order chi connectivity index (χ1) is 22.2. The summed E-state index contributed by atoms with van der Waals surface area (Å²) in [6.45, 7) is 6.56. The van der Waals surface area contributed by atoms with E-state index in [1.54, 1.807) is 42.2 Å². The molecule has 0 radical (unpaired) electrons. The molecule has 11 nitrogen and oxygen atoms in total. The highest BCUT2D eigenvalue weighted by atomic mass is 32.2. The third kappa shape index (κ3) is 5.53. The average molecular weight is 643 g/mol. The van der Waals surface area contributed by atoms with Gasteiger partial charge in [0, 0.05) is 50.4 Å². The number of piperazine rings is 1. The van der Waals surface area contributed by atoms with Crippen LogP contribution in [0.15, 0.2) is 71.8 Å². The van der Waals surface area contributed by atoms with Gasteiger partial charge in [-0.2, -0.15) is 5.26 Å². The smallest absolute Gasteiger partial charge is 0.270 e. The molecule has 2 aromatic carbocycles. The third-order valence-corrected chi connectivity index (χ3v) is 11.1. The number of amides is 2. The van der Waals surface area contributed by atoms with Crippen molar-refractivity contribution in [3.8, 4) is 11.9 Å². The fraction of sp³-hybridized carbons (Fsp3) is 0.412. The number of carbonyl (C=O) groups is 2. The molecule has 6 rings (SSSR count). The number of sulfonamides is 1. The molecular formula is C34H38N6O5S. The second kappa shape index (κ2) is 12.8. The lowest BCUT2D eigenvalue weighted by Crippen LogP contribution is -2.55. The van der Waals surface area contributed by atoms with E-state index in [9.17, 15) is 23.3 Å². The second-order valence-electron chi connectivity index (χ2n) is 12.1. The topological polar surface area (TPSA) is 127 Å². The fourth-order valence-electron chi connectivity index (χ4n) is 6.99. The summed E-state index contributed by atoms with van der Waals surface area (Å²) in [6, 6.07) is 18.1. The Bertz CT molecular complexity index is 1760. The SMILES string of the molecule is CCOc1ncccc1C1(CC(=O)N2CCN(C3CCN(C)CC3)CC2)C(=O)N(S(=O)(=O)c2ccccc2)c2ccc(C#N)cc21. The van der Waals surface area contributed by atoms with Crippen LogP contribution >= 0.6 is 0 Å². The van der Waals surface area contributed by atoms with Crippen LogP contribution in [0.25, 0.3) is 0 Å². The van der Waals surface area contributed by atoms with Crippen LogP contribution in [0.4, 0.5) is 5.69 Å². The number of hydrogen-bond donors (Lipinski definition) is 0. The Morgan fingerprint density at radius 2 is 1.72 bits per heavy atom. The Morgan fingerprint density at radius 3 is 2.39 bits per heavy atom. The minimum Gasteiger partial charge on any atom is -0.478 e. The van der Waals surface area contributed by atoms with Gasteiger partial charge in [0.25, 0.3) is 15.9 Å². The molecule has 4 heterocycles. The Hall–Kier alpha value is -4.31. The molecule has 2 fully saturated rings. The van der Waals surface area contributed by atoms with Gasteiger partial charge < -0.3 is 14.5 Å². The zero-order chi connectivity index (χ0) is 32.5. The van der Waals surface area contributed by atoms with Crippen LogP contribution in [0.1, 0.15) is 42.9 Å². The lowest BCUT2D eigenvalue weighted by Gasteiger charge is -2.42. The highest BCUT2D eigenvalue weighted by Crippen LogP contribution is 2.52. The number of carbonyl (C=O) groups excluding carboxylic acids is 2. The first-order valence-electron chi connectivity index (χ1n) is 15.7. The van der Waals surface area contributed by atoms with Gasteiger partial charge in [-0.25, -0.2) is 17.7 Å². The van der Waals surface area contributed by atoms with Crippen molar-refractivity contribution in [2.45, 2.75) is 42.5 Å². The standard InChI is InChI=1S/C34H38N6O5S/c1-3-45-32-28(10-7-15-36-32)34(23-31(41)39-20-18-38(19-21-39)26-13-16-37(2)17-14-26)29-22-25(24-35)11-12-30(29)40(33(34)42)46(43,44)27-8-5-4-6-9-27/h4-12,15,22,26H,3,13-14,16-21,23H2,1-2H3. The minimum atomic E-state index is -4.40. The largest absolute Gasteiger partial charge is 0.478 e. The number of ether oxygens (including phenoxy) is 1. The van der Waals surface area contributed by atoms with E-state index in [4.69, 9.17) is 4.74 Å². The van der Waals surface area contributed by atoms with E-state index < -0.39 is 21.3 Å². The van der Waals surface area contributed by atoms with Crippen LogP contribution < -0.4 is 9.04 Å². The summed E-state index contributed by atoms with van der Waals surface area (Å²) < 4.78 is 35.0. The molecule has 0 N–H and O–H groups in total. The van der Waals surface area contributed by atoms with Gasteiger partial charge in [-0.3, -0.25) is 14.5 Å². The number of anilines is 1. The van der Waals surface area contributed by atoms with Crippen molar-refractivity contribution in [3.05, 3.63) is 83.6 Å². The minimum absolute atomic E-state index is 0.0676. The first kappa shape index (κ1) is 31.7. The van der Waals surface area contributed by atoms with Crippen molar-refractivity contribution in [1.29, 1.82) is 5.26 Å². The van der Waals surface area contributed by atoms with E-state index in [-0.39, 0.29) is 52.1 Å².